The quantitative estimate of drug-likeness (QED) is 0.453. The molecule has 3 aliphatic rings. The van der Waals surface area contributed by atoms with E-state index in [-0.39, 0.29) is 24.3 Å². The molecule has 5 rings (SSSR count). The maximum Gasteiger partial charge on any atom is 0.490 e. The number of aliphatic carboxylic acids is 1. The first kappa shape index (κ1) is 28.2. The van der Waals surface area contributed by atoms with E-state index in [9.17, 15) is 32.7 Å². The van der Waals surface area contributed by atoms with Crippen molar-refractivity contribution in [3.05, 3.63) is 41.2 Å². The summed E-state index contributed by atoms with van der Waals surface area (Å²) in [5.74, 6) is -3.68. The van der Waals surface area contributed by atoms with Crippen LogP contribution in [0.1, 0.15) is 47.3 Å². The molecule has 39 heavy (non-hydrogen) atoms. The largest absolute Gasteiger partial charge is 0.490 e. The number of nitrogens with one attached hydrogen (secondary N) is 1. The number of rotatable bonds is 5. The lowest BCUT2D eigenvalue weighted by molar-refractivity contribution is -0.192. The highest BCUT2D eigenvalue weighted by Gasteiger charge is 2.40. The van der Waals surface area contributed by atoms with E-state index in [4.69, 9.17) is 9.90 Å². The lowest BCUT2D eigenvalue weighted by atomic mass is 10.0. The molecule has 2 saturated heterocycles. The van der Waals surface area contributed by atoms with Gasteiger partial charge in [0.05, 0.1) is 23.7 Å². The Labute approximate surface area is 220 Å². The van der Waals surface area contributed by atoms with E-state index in [0.29, 0.717) is 18.5 Å². The standard InChI is InChI=1S/C22H26N6O4.C2HF3O2/c29-15-7-10-26(11-8-15)9-6-14-12-28(25-24-14)18-3-1-2-16-17(18)13-27(22(16)32)19-4-5-20(30)23-21(19)31;3-2(4,5)1(6)7/h1-3,12,15,19,29H,4-11,13H2,(H,23,30,31);(H,6,7). The molecule has 2 fully saturated rings. The highest BCUT2D eigenvalue weighted by atomic mass is 19.4. The van der Waals surface area contributed by atoms with E-state index < -0.39 is 24.1 Å². The number of carboxylic acid groups (broad SMARTS) is 1. The molecule has 1 aromatic carbocycles. The van der Waals surface area contributed by atoms with Crippen LogP contribution in [0.5, 0.6) is 0 Å². The molecular weight excluding hydrogens is 525 g/mol. The number of piperidine rings is 2. The van der Waals surface area contributed by atoms with Crippen molar-refractivity contribution in [2.45, 2.75) is 57.0 Å². The number of imide groups is 1. The number of aliphatic hydroxyl groups excluding tert-OH is 1. The second-order valence-electron chi connectivity index (χ2n) is 9.48. The van der Waals surface area contributed by atoms with E-state index in [1.165, 1.54) is 0 Å². The van der Waals surface area contributed by atoms with Crippen LogP contribution in [0.3, 0.4) is 0 Å². The number of aromatic nitrogens is 3. The summed E-state index contributed by atoms with van der Waals surface area (Å²) in [5.41, 5.74) is 2.99. The molecule has 3 N–H and O–H groups in total. The summed E-state index contributed by atoms with van der Waals surface area (Å²) in [5, 5.41) is 27.7. The van der Waals surface area contributed by atoms with Gasteiger partial charge in [0.25, 0.3) is 5.91 Å². The van der Waals surface area contributed by atoms with Gasteiger partial charge in [0.1, 0.15) is 6.04 Å². The number of likely N-dealkylation sites (tertiary alicyclic amines) is 1. The van der Waals surface area contributed by atoms with E-state index >= 15 is 0 Å². The number of carboxylic acids is 1. The zero-order chi connectivity index (χ0) is 28.3. The Hall–Kier alpha value is -3.85. The highest BCUT2D eigenvalue weighted by molar-refractivity contribution is 6.05. The van der Waals surface area contributed by atoms with E-state index in [0.717, 1.165) is 55.8 Å². The second-order valence-corrected chi connectivity index (χ2v) is 9.48. The molecule has 0 radical (unpaired) electrons. The Bertz CT molecular complexity index is 1260. The summed E-state index contributed by atoms with van der Waals surface area (Å²) in [7, 11) is 0. The highest BCUT2D eigenvalue weighted by Crippen LogP contribution is 2.31. The third kappa shape index (κ3) is 6.60. The minimum absolute atomic E-state index is 0.185. The number of carbonyl (C=O) groups excluding carboxylic acids is 3. The first-order valence-corrected chi connectivity index (χ1v) is 12.3. The van der Waals surface area contributed by atoms with Gasteiger partial charge in [-0.2, -0.15) is 13.2 Å². The average molecular weight is 553 g/mol. The Balaban J connectivity index is 0.000000448. The van der Waals surface area contributed by atoms with E-state index in [2.05, 4.69) is 20.5 Å². The molecule has 210 valence electrons. The third-order valence-electron chi connectivity index (χ3n) is 6.83. The van der Waals surface area contributed by atoms with Crippen LogP contribution in [-0.2, 0) is 27.3 Å². The van der Waals surface area contributed by atoms with Crippen LogP contribution >= 0.6 is 0 Å². The molecule has 0 bridgehead atoms. The Morgan fingerprint density at radius 2 is 1.82 bits per heavy atom. The van der Waals surface area contributed by atoms with Gasteiger partial charge in [-0.1, -0.05) is 11.3 Å². The SMILES string of the molecule is O=C(O)C(F)(F)F.O=C1CCC(N2Cc3c(cccc3-n3cc(CCN4CCC(O)CC4)nn3)C2=O)C(=O)N1. The van der Waals surface area contributed by atoms with E-state index in [1.807, 2.05) is 12.3 Å². The maximum atomic E-state index is 13.0. The number of benzene rings is 1. The van der Waals surface area contributed by atoms with Crippen LogP contribution in [0, 0.1) is 0 Å². The predicted octanol–water partition coefficient (Wildman–Crippen LogP) is 0.661. The van der Waals surface area contributed by atoms with Crippen LogP contribution in [0.15, 0.2) is 24.4 Å². The van der Waals surface area contributed by atoms with Gasteiger partial charge in [-0.05, 0) is 31.4 Å². The van der Waals surface area contributed by atoms with Crippen LogP contribution in [0.2, 0.25) is 0 Å². The Kier molecular flexibility index (Phi) is 8.30. The number of halogens is 3. The molecule has 4 heterocycles. The lowest BCUT2D eigenvalue weighted by Crippen LogP contribution is -2.52. The fraction of sp³-hybridized carbons (Fsp3) is 0.500. The Morgan fingerprint density at radius 1 is 1.13 bits per heavy atom. The number of nitrogens with zero attached hydrogens (tertiary/aromatic N) is 5. The number of amides is 3. The van der Waals surface area contributed by atoms with Gasteiger partial charge >= 0.3 is 12.1 Å². The molecule has 3 aliphatic heterocycles. The molecule has 0 spiro atoms. The van der Waals surface area contributed by atoms with Crippen molar-refractivity contribution in [1.29, 1.82) is 0 Å². The van der Waals surface area contributed by atoms with Gasteiger partial charge in [-0.15, -0.1) is 5.10 Å². The maximum absolute atomic E-state index is 13.0. The number of fused-ring (bicyclic) bond motifs is 1. The number of alkyl halides is 3. The monoisotopic (exact) mass is 552 g/mol. The number of carbonyl (C=O) groups is 4. The number of hydrogen-bond donors (Lipinski definition) is 3. The van der Waals surface area contributed by atoms with Crippen molar-refractivity contribution >= 4 is 23.7 Å². The normalized spacial score (nSPS) is 20.4. The molecular formula is C24H27F3N6O6. The molecule has 1 aromatic heterocycles. The minimum Gasteiger partial charge on any atom is -0.475 e. The molecule has 0 saturated carbocycles. The van der Waals surface area contributed by atoms with Crippen molar-refractivity contribution in [3.63, 3.8) is 0 Å². The number of hydrogen-bond acceptors (Lipinski definition) is 8. The van der Waals surface area contributed by atoms with Gasteiger partial charge in [-0.25, -0.2) is 9.48 Å². The zero-order valence-corrected chi connectivity index (χ0v) is 20.7. The molecule has 15 heteroatoms. The van der Waals surface area contributed by atoms with Gasteiger partial charge < -0.3 is 20.0 Å². The van der Waals surface area contributed by atoms with Crippen molar-refractivity contribution in [2.75, 3.05) is 19.6 Å². The Morgan fingerprint density at radius 3 is 2.46 bits per heavy atom. The van der Waals surface area contributed by atoms with Crippen LogP contribution < -0.4 is 5.32 Å². The van der Waals surface area contributed by atoms with Crippen molar-refractivity contribution < 1.29 is 42.6 Å². The molecule has 12 nitrogen and oxygen atoms in total. The third-order valence-corrected chi connectivity index (χ3v) is 6.83. The zero-order valence-electron chi connectivity index (χ0n) is 20.7. The van der Waals surface area contributed by atoms with Crippen LogP contribution in [-0.4, -0.2) is 96.7 Å². The first-order chi connectivity index (χ1) is 18.4. The topological polar surface area (TPSA) is 158 Å². The van der Waals surface area contributed by atoms with Gasteiger partial charge in [0.15, 0.2) is 0 Å². The first-order valence-electron chi connectivity index (χ1n) is 12.3. The summed E-state index contributed by atoms with van der Waals surface area (Å²) in [6, 6.07) is 4.82. The van der Waals surface area contributed by atoms with Crippen molar-refractivity contribution in [2.24, 2.45) is 0 Å². The average Bonchev–Trinajstić information content (AvgIpc) is 3.48. The van der Waals surface area contributed by atoms with Gasteiger partial charge in [-0.3, -0.25) is 19.7 Å². The molecule has 3 amide bonds. The molecule has 0 aliphatic carbocycles. The molecule has 1 atom stereocenters. The smallest absolute Gasteiger partial charge is 0.475 e. The second kappa shape index (κ2) is 11.5. The fourth-order valence-corrected chi connectivity index (χ4v) is 4.73. The van der Waals surface area contributed by atoms with Crippen molar-refractivity contribution in [3.8, 4) is 5.69 Å². The van der Waals surface area contributed by atoms with Crippen LogP contribution in [0.25, 0.3) is 5.69 Å². The predicted molar refractivity (Wildman–Crippen MR) is 126 cm³/mol. The number of aliphatic hydroxyl groups is 1. The van der Waals surface area contributed by atoms with E-state index in [1.54, 1.807) is 21.7 Å². The summed E-state index contributed by atoms with van der Waals surface area (Å²) in [6.07, 6.45) is -0.456. The van der Waals surface area contributed by atoms with Gasteiger partial charge in [0.2, 0.25) is 11.8 Å². The molecule has 1 unspecified atom stereocenters. The summed E-state index contributed by atoms with van der Waals surface area (Å²) in [4.78, 5) is 49.5. The summed E-state index contributed by atoms with van der Waals surface area (Å²) in [6.45, 7) is 2.93. The lowest BCUT2D eigenvalue weighted by Gasteiger charge is -2.29. The molecule has 2 aromatic rings. The summed E-state index contributed by atoms with van der Waals surface area (Å²) < 4.78 is 33.4. The van der Waals surface area contributed by atoms with Crippen molar-refractivity contribution in [1.82, 2.24) is 30.1 Å². The summed E-state index contributed by atoms with van der Waals surface area (Å²) >= 11 is 0. The minimum atomic E-state index is -5.08. The fourth-order valence-electron chi connectivity index (χ4n) is 4.73. The van der Waals surface area contributed by atoms with Gasteiger partial charge in [0, 0.05) is 50.1 Å². The van der Waals surface area contributed by atoms with Crippen LogP contribution in [0.4, 0.5) is 13.2 Å².